The fraction of sp³-hybridized carbons (Fsp3) is 0.375. The molecule has 0 aliphatic rings. The van der Waals surface area contributed by atoms with Crippen LogP contribution in [0.5, 0.6) is 0 Å². The summed E-state index contributed by atoms with van der Waals surface area (Å²) in [4.78, 5) is 34.9. The van der Waals surface area contributed by atoms with Crippen LogP contribution in [0.3, 0.4) is 0 Å². The summed E-state index contributed by atoms with van der Waals surface area (Å²) in [5, 5.41) is 21.5. The summed E-state index contributed by atoms with van der Waals surface area (Å²) in [6.07, 6.45) is 1.02. The summed E-state index contributed by atoms with van der Waals surface area (Å²) >= 11 is 0. The normalized spacial score (nSPS) is 11.9. The Bertz CT molecular complexity index is 741. The molecule has 0 spiro atoms. The van der Waals surface area contributed by atoms with Gasteiger partial charge in [0.2, 0.25) is 5.91 Å². The Morgan fingerprint density at radius 1 is 1.29 bits per heavy atom. The van der Waals surface area contributed by atoms with Gasteiger partial charge in [0.15, 0.2) is 5.69 Å². The van der Waals surface area contributed by atoms with E-state index in [4.69, 9.17) is 5.11 Å². The summed E-state index contributed by atoms with van der Waals surface area (Å²) in [7, 11) is 0. The topological polar surface area (TPSA) is 124 Å². The highest BCUT2D eigenvalue weighted by Crippen LogP contribution is 2.14. The molecule has 8 nitrogen and oxygen atoms in total. The molecule has 1 aromatic carbocycles. The molecule has 0 radical (unpaired) electrons. The predicted octanol–water partition coefficient (Wildman–Crippen LogP) is 1.05. The minimum absolute atomic E-state index is 0.00158. The molecule has 0 aliphatic carbocycles. The van der Waals surface area contributed by atoms with E-state index < -0.39 is 17.9 Å². The zero-order valence-electron chi connectivity index (χ0n) is 13.3. The molecule has 2 amide bonds. The molecule has 1 heterocycles. The summed E-state index contributed by atoms with van der Waals surface area (Å²) < 4.78 is 0. The molecule has 0 saturated heterocycles. The smallest absolute Gasteiger partial charge is 0.326 e. The first-order valence-electron chi connectivity index (χ1n) is 7.76. The summed E-state index contributed by atoms with van der Waals surface area (Å²) in [5.74, 6) is -1.86. The van der Waals surface area contributed by atoms with Crippen LogP contribution in [0.1, 0.15) is 36.7 Å². The fourth-order valence-electron chi connectivity index (χ4n) is 2.32. The third kappa shape index (κ3) is 4.31. The molecule has 0 bridgehead atoms. The lowest BCUT2D eigenvalue weighted by Gasteiger charge is -2.13. The molecule has 128 valence electrons. The maximum Gasteiger partial charge on any atom is 0.326 e. The molecule has 1 atom stereocenters. The molecule has 0 saturated carbocycles. The number of aliphatic carboxylic acids is 1. The lowest BCUT2D eigenvalue weighted by Crippen LogP contribution is -2.41. The molecule has 2 rings (SSSR count). The van der Waals surface area contributed by atoms with Crippen LogP contribution < -0.4 is 10.6 Å². The van der Waals surface area contributed by atoms with Crippen LogP contribution in [-0.4, -0.2) is 45.7 Å². The zero-order chi connectivity index (χ0) is 17.5. The van der Waals surface area contributed by atoms with Crippen LogP contribution in [0.4, 0.5) is 0 Å². The number of amides is 2. The number of nitrogens with zero attached hydrogens (tertiary/aromatic N) is 1. The third-order valence-corrected chi connectivity index (χ3v) is 3.53. The van der Waals surface area contributed by atoms with Crippen molar-refractivity contribution < 1.29 is 19.5 Å². The van der Waals surface area contributed by atoms with Gasteiger partial charge in [-0.1, -0.05) is 31.5 Å². The van der Waals surface area contributed by atoms with Gasteiger partial charge in [-0.3, -0.25) is 14.7 Å². The molecule has 1 aromatic heterocycles. The summed E-state index contributed by atoms with van der Waals surface area (Å²) in [6.45, 7) is 1.95. The molecule has 4 N–H and O–H groups in total. The maximum atomic E-state index is 12.1. The highest BCUT2D eigenvalue weighted by atomic mass is 16.4. The minimum atomic E-state index is -1.06. The minimum Gasteiger partial charge on any atom is -0.480 e. The van der Waals surface area contributed by atoms with Gasteiger partial charge in [-0.2, -0.15) is 5.10 Å². The largest absolute Gasteiger partial charge is 0.480 e. The van der Waals surface area contributed by atoms with Crippen molar-refractivity contribution in [3.05, 3.63) is 30.0 Å². The van der Waals surface area contributed by atoms with Crippen molar-refractivity contribution in [1.82, 2.24) is 20.8 Å². The molecule has 2 aromatic rings. The molecule has 0 aliphatic heterocycles. The van der Waals surface area contributed by atoms with Crippen molar-refractivity contribution in [2.75, 3.05) is 6.54 Å². The molecular formula is C16H20N4O4. The first kappa shape index (κ1) is 17.5. The van der Waals surface area contributed by atoms with Crippen molar-refractivity contribution >= 4 is 28.7 Å². The van der Waals surface area contributed by atoms with Gasteiger partial charge in [0.25, 0.3) is 5.91 Å². The van der Waals surface area contributed by atoms with Crippen LogP contribution in [0.2, 0.25) is 0 Å². The van der Waals surface area contributed by atoms with Gasteiger partial charge < -0.3 is 15.7 Å². The summed E-state index contributed by atoms with van der Waals surface area (Å²) in [5.41, 5.74) is 1.02. The number of fused-ring (bicyclic) bond motifs is 1. The Hall–Kier alpha value is -2.90. The second-order valence-corrected chi connectivity index (χ2v) is 5.37. The van der Waals surface area contributed by atoms with Crippen molar-refractivity contribution in [2.45, 2.75) is 32.2 Å². The molecular weight excluding hydrogens is 312 g/mol. The van der Waals surface area contributed by atoms with E-state index in [2.05, 4.69) is 20.8 Å². The van der Waals surface area contributed by atoms with E-state index in [1.54, 1.807) is 6.07 Å². The standard InChI is InChI=1S/C16H20N4O4/c1-2-5-12(16(23)24)18-13(21)8-9-17-15(22)14-10-6-3-4-7-11(10)19-20-14/h3-4,6-7,12H,2,5,8-9H2,1H3,(H,17,22)(H,18,21)(H,19,20)(H,23,24). The number of carbonyl (C=O) groups excluding carboxylic acids is 2. The number of nitrogens with one attached hydrogen (secondary N) is 3. The van der Waals surface area contributed by atoms with E-state index in [0.29, 0.717) is 18.2 Å². The number of carbonyl (C=O) groups is 3. The number of H-pyrrole nitrogens is 1. The van der Waals surface area contributed by atoms with Crippen LogP contribution in [0, 0.1) is 0 Å². The second kappa shape index (κ2) is 8.09. The van der Waals surface area contributed by atoms with Gasteiger partial charge in [0.1, 0.15) is 6.04 Å². The Morgan fingerprint density at radius 3 is 2.75 bits per heavy atom. The fourth-order valence-corrected chi connectivity index (χ4v) is 2.32. The van der Waals surface area contributed by atoms with Crippen LogP contribution in [-0.2, 0) is 9.59 Å². The first-order valence-corrected chi connectivity index (χ1v) is 7.76. The molecule has 0 fully saturated rings. The number of para-hydroxylation sites is 1. The number of carboxylic acid groups (broad SMARTS) is 1. The maximum absolute atomic E-state index is 12.1. The van der Waals surface area contributed by atoms with Crippen LogP contribution in [0.25, 0.3) is 10.9 Å². The van der Waals surface area contributed by atoms with Crippen molar-refractivity contribution in [3.8, 4) is 0 Å². The Kier molecular flexibility index (Phi) is 5.89. The lowest BCUT2D eigenvalue weighted by molar-refractivity contribution is -0.142. The van der Waals surface area contributed by atoms with Crippen molar-refractivity contribution in [2.24, 2.45) is 0 Å². The average Bonchev–Trinajstić information content (AvgIpc) is 2.98. The first-order chi connectivity index (χ1) is 11.5. The third-order valence-electron chi connectivity index (χ3n) is 3.53. The van der Waals surface area contributed by atoms with Gasteiger partial charge in [-0.25, -0.2) is 4.79 Å². The highest BCUT2D eigenvalue weighted by molar-refractivity contribution is 6.04. The van der Waals surface area contributed by atoms with Crippen LogP contribution >= 0.6 is 0 Å². The van der Waals surface area contributed by atoms with E-state index in [9.17, 15) is 14.4 Å². The predicted molar refractivity (Wildman–Crippen MR) is 87.5 cm³/mol. The summed E-state index contributed by atoms with van der Waals surface area (Å²) in [6, 6.07) is 6.34. The van der Waals surface area contributed by atoms with Gasteiger partial charge in [0.05, 0.1) is 5.52 Å². The molecule has 1 unspecified atom stereocenters. The second-order valence-electron chi connectivity index (χ2n) is 5.37. The lowest BCUT2D eigenvalue weighted by atomic mass is 10.1. The van der Waals surface area contributed by atoms with Gasteiger partial charge in [-0.05, 0) is 12.5 Å². The van der Waals surface area contributed by atoms with Crippen molar-refractivity contribution in [1.29, 1.82) is 0 Å². The number of hydrogen-bond donors (Lipinski definition) is 4. The van der Waals surface area contributed by atoms with Crippen LogP contribution in [0.15, 0.2) is 24.3 Å². The van der Waals surface area contributed by atoms with Gasteiger partial charge in [-0.15, -0.1) is 0 Å². The van der Waals surface area contributed by atoms with Crippen molar-refractivity contribution in [3.63, 3.8) is 0 Å². The van der Waals surface area contributed by atoms with E-state index in [0.717, 1.165) is 5.52 Å². The van der Waals surface area contributed by atoms with E-state index in [1.165, 1.54) is 0 Å². The zero-order valence-corrected chi connectivity index (χ0v) is 13.3. The Balaban J connectivity index is 1.84. The number of aromatic amines is 1. The highest BCUT2D eigenvalue weighted by Gasteiger charge is 2.19. The monoisotopic (exact) mass is 332 g/mol. The van der Waals surface area contributed by atoms with Gasteiger partial charge in [0, 0.05) is 18.4 Å². The van der Waals surface area contributed by atoms with Gasteiger partial charge >= 0.3 is 5.97 Å². The number of rotatable bonds is 8. The average molecular weight is 332 g/mol. The SMILES string of the molecule is CCCC(NC(=O)CCNC(=O)c1n[nH]c2ccccc12)C(=O)O. The Labute approximate surface area is 138 Å². The van der Waals surface area contributed by atoms with E-state index in [-0.39, 0.29) is 24.6 Å². The number of benzene rings is 1. The number of hydrogen-bond acceptors (Lipinski definition) is 4. The quantitative estimate of drug-likeness (QED) is 0.575. The van der Waals surface area contributed by atoms with E-state index >= 15 is 0 Å². The number of carboxylic acids is 1. The number of aromatic nitrogens is 2. The Morgan fingerprint density at radius 2 is 2.04 bits per heavy atom. The molecule has 8 heteroatoms. The van der Waals surface area contributed by atoms with E-state index in [1.807, 2.05) is 25.1 Å². The molecule has 24 heavy (non-hydrogen) atoms.